The molecule has 0 aromatic carbocycles. The number of rotatable bonds is 4. The molecule has 1 amide bonds. The van der Waals surface area contributed by atoms with Gasteiger partial charge in [0.1, 0.15) is 10.0 Å². The van der Waals surface area contributed by atoms with Crippen molar-refractivity contribution in [1.82, 2.24) is 15.5 Å². The van der Waals surface area contributed by atoms with Gasteiger partial charge in [0.2, 0.25) is 5.91 Å². The minimum absolute atomic E-state index is 0.0544. The second-order valence-electron chi connectivity index (χ2n) is 5.23. The van der Waals surface area contributed by atoms with Gasteiger partial charge in [-0.3, -0.25) is 4.79 Å². The predicted octanol–water partition coefficient (Wildman–Crippen LogP) is 1.55. The summed E-state index contributed by atoms with van der Waals surface area (Å²) < 4.78 is 0. The molecule has 1 aromatic rings. The zero-order chi connectivity index (χ0) is 13.2. The molecule has 5 nitrogen and oxygen atoms in total. The van der Waals surface area contributed by atoms with E-state index >= 15 is 0 Å². The molecule has 6 heteroatoms. The molecule has 0 radical (unpaired) electrons. The third-order valence-corrected chi connectivity index (χ3v) is 4.55. The van der Waals surface area contributed by atoms with E-state index in [0.29, 0.717) is 12.5 Å². The number of carbonyl (C=O) groups excluding carboxylic acids is 1. The first kappa shape index (κ1) is 13.4. The van der Waals surface area contributed by atoms with Gasteiger partial charge >= 0.3 is 0 Å². The summed E-state index contributed by atoms with van der Waals surface area (Å²) in [6.07, 6.45) is 3.65. The van der Waals surface area contributed by atoms with Gasteiger partial charge < -0.3 is 11.1 Å². The first-order chi connectivity index (χ1) is 8.51. The first-order valence-corrected chi connectivity index (χ1v) is 7.22. The second kappa shape index (κ2) is 5.32. The monoisotopic (exact) mass is 268 g/mol. The van der Waals surface area contributed by atoms with Gasteiger partial charge in [-0.1, -0.05) is 38.0 Å². The third kappa shape index (κ3) is 2.87. The average molecular weight is 268 g/mol. The Balaban J connectivity index is 1.89. The van der Waals surface area contributed by atoms with Crippen LogP contribution in [0.2, 0.25) is 0 Å². The number of nitrogens with zero attached hydrogens (tertiary/aromatic N) is 2. The number of amides is 1. The maximum Gasteiger partial charge on any atom is 0.240 e. The van der Waals surface area contributed by atoms with E-state index in [2.05, 4.69) is 29.4 Å². The van der Waals surface area contributed by atoms with Crippen molar-refractivity contribution in [1.29, 1.82) is 0 Å². The number of nitrogens with one attached hydrogen (secondary N) is 1. The zero-order valence-corrected chi connectivity index (χ0v) is 11.7. The number of hydrogen-bond donors (Lipinski definition) is 2. The number of hydrogen-bond acceptors (Lipinski definition) is 5. The zero-order valence-electron chi connectivity index (χ0n) is 10.9. The molecular formula is C12H20N4OS. The van der Waals surface area contributed by atoms with Crippen LogP contribution in [0.5, 0.6) is 0 Å². The van der Waals surface area contributed by atoms with E-state index in [1.807, 2.05) is 0 Å². The molecule has 0 saturated heterocycles. The van der Waals surface area contributed by atoms with Crippen molar-refractivity contribution in [3.05, 3.63) is 10.0 Å². The normalized spacial score (nSPS) is 18.2. The molecule has 0 spiro atoms. The van der Waals surface area contributed by atoms with Gasteiger partial charge in [0.15, 0.2) is 0 Å². The van der Waals surface area contributed by atoms with E-state index in [-0.39, 0.29) is 5.91 Å². The summed E-state index contributed by atoms with van der Waals surface area (Å²) in [4.78, 5) is 12.0. The smallest absolute Gasteiger partial charge is 0.240 e. The van der Waals surface area contributed by atoms with Gasteiger partial charge in [-0.25, -0.2) is 0 Å². The summed E-state index contributed by atoms with van der Waals surface area (Å²) in [5.41, 5.74) is 5.41. The van der Waals surface area contributed by atoms with Crippen LogP contribution >= 0.6 is 11.3 Å². The quantitative estimate of drug-likeness (QED) is 0.868. The van der Waals surface area contributed by atoms with Gasteiger partial charge in [-0.15, -0.1) is 10.2 Å². The maximum atomic E-state index is 12.0. The minimum Gasteiger partial charge on any atom is -0.348 e. The lowest BCUT2D eigenvalue weighted by Crippen LogP contribution is -2.51. The molecule has 0 atom stereocenters. The molecule has 1 aromatic heterocycles. The Hall–Kier alpha value is -1.01. The van der Waals surface area contributed by atoms with E-state index in [1.165, 1.54) is 0 Å². The molecular weight excluding hydrogens is 248 g/mol. The minimum atomic E-state index is -0.661. The molecule has 0 bridgehead atoms. The molecule has 100 valence electrons. The van der Waals surface area contributed by atoms with Crippen molar-refractivity contribution in [2.45, 2.75) is 57.5 Å². The maximum absolute atomic E-state index is 12.0. The van der Waals surface area contributed by atoms with Crippen LogP contribution in [0.4, 0.5) is 0 Å². The fourth-order valence-corrected chi connectivity index (χ4v) is 2.92. The van der Waals surface area contributed by atoms with Crippen LogP contribution < -0.4 is 11.1 Å². The molecule has 0 aliphatic heterocycles. The predicted molar refractivity (Wildman–Crippen MR) is 71.2 cm³/mol. The Morgan fingerprint density at radius 3 is 2.67 bits per heavy atom. The lowest BCUT2D eigenvalue weighted by Gasteiger charge is -2.21. The standard InChI is InChI=1S/C12H20N4OS/c1-8(2)10-16-15-9(18-10)7-14-11(17)12(13)5-3-4-6-12/h8H,3-7,13H2,1-2H3,(H,14,17). The summed E-state index contributed by atoms with van der Waals surface area (Å²) in [6.45, 7) is 4.59. The lowest BCUT2D eigenvalue weighted by atomic mass is 9.98. The summed E-state index contributed by atoms with van der Waals surface area (Å²) in [6, 6.07) is 0. The summed E-state index contributed by atoms with van der Waals surface area (Å²) in [5.74, 6) is 0.323. The lowest BCUT2D eigenvalue weighted by molar-refractivity contribution is -0.126. The Labute approximate surface area is 111 Å². The molecule has 3 N–H and O–H groups in total. The van der Waals surface area contributed by atoms with E-state index in [9.17, 15) is 4.79 Å². The van der Waals surface area contributed by atoms with E-state index in [4.69, 9.17) is 5.73 Å². The van der Waals surface area contributed by atoms with Crippen molar-refractivity contribution in [3.8, 4) is 0 Å². The third-order valence-electron chi connectivity index (χ3n) is 3.32. The molecule has 1 saturated carbocycles. The van der Waals surface area contributed by atoms with Gasteiger partial charge in [0, 0.05) is 5.92 Å². The SMILES string of the molecule is CC(C)c1nnc(CNC(=O)C2(N)CCCC2)s1. The Morgan fingerprint density at radius 2 is 2.11 bits per heavy atom. The van der Waals surface area contributed by atoms with Crippen LogP contribution in [-0.4, -0.2) is 21.6 Å². The summed E-state index contributed by atoms with van der Waals surface area (Å²) >= 11 is 1.55. The highest BCUT2D eigenvalue weighted by Gasteiger charge is 2.36. The highest BCUT2D eigenvalue weighted by Crippen LogP contribution is 2.27. The van der Waals surface area contributed by atoms with Gasteiger partial charge in [0.05, 0.1) is 12.1 Å². The van der Waals surface area contributed by atoms with Crippen LogP contribution in [0.3, 0.4) is 0 Å². The topological polar surface area (TPSA) is 80.9 Å². The van der Waals surface area contributed by atoms with Crippen molar-refractivity contribution in [2.75, 3.05) is 0 Å². The Bertz CT molecular complexity index is 423. The molecule has 1 heterocycles. The summed E-state index contributed by atoms with van der Waals surface area (Å²) in [7, 11) is 0. The van der Waals surface area contributed by atoms with Gasteiger partial charge in [0.25, 0.3) is 0 Å². The largest absolute Gasteiger partial charge is 0.348 e. The first-order valence-electron chi connectivity index (χ1n) is 6.41. The number of aromatic nitrogens is 2. The summed E-state index contributed by atoms with van der Waals surface area (Å²) in [5, 5.41) is 12.9. The van der Waals surface area contributed by atoms with Crippen LogP contribution in [0.1, 0.15) is 55.5 Å². The average Bonchev–Trinajstić information content (AvgIpc) is 2.95. The van der Waals surface area contributed by atoms with E-state index < -0.39 is 5.54 Å². The van der Waals surface area contributed by atoms with Crippen LogP contribution in [0, 0.1) is 0 Å². The number of nitrogens with two attached hydrogens (primary N) is 1. The molecule has 1 aliphatic carbocycles. The van der Waals surface area contributed by atoms with Gasteiger partial charge in [-0.05, 0) is 12.8 Å². The Morgan fingerprint density at radius 1 is 1.44 bits per heavy atom. The second-order valence-corrected chi connectivity index (χ2v) is 6.33. The highest BCUT2D eigenvalue weighted by atomic mass is 32.1. The van der Waals surface area contributed by atoms with Crippen LogP contribution in [0.25, 0.3) is 0 Å². The van der Waals surface area contributed by atoms with E-state index in [0.717, 1.165) is 35.7 Å². The molecule has 1 fully saturated rings. The van der Waals surface area contributed by atoms with Crippen molar-refractivity contribution >= 4 is 17.2 Å². The van der Waals surface area contributed by atoms with Crippen LogP contribution in [-0.2, 0) is 11.3 Å². The van der Waals surface area contributed by atoms with Crippen molar-refractivity contribution < 1.29 is 4.79 Å². The molecule has 2 rings (SSSR count). The van der Waals surface area contributed by atoms with Crippen LogP contribution in [0.15, 0.2) is 0 Å². The number of carbonyl (C=O) groups is 1. The molecule has 0 unspecified atom stereocenters. The van der Waals surface area contributed by atoms with Gasteiger partial charge in [-0.2, -0.15) is 0 Å². The fraction of sp³-hybridized carbons (Fsp3) is 0.750. The highest BCUT2D eigenvalue weighted by molar-refractivity contribution is 7.11. The van der Waals surface area contributed by atoms with Crippen molar-refractivity contribution in [2.24, 2.45) is 5.73 Å². The molecule has 18 heavy (non-hydrogen) atoms. The van der Waals surface area contributed by atoms with E-state index in [1.54, 1.807) is 11.3 Å². The molecule has 1 aliphatic rings. The fourth-order valence-electron chi connectivity index (χ4n) is 2.14. The van der Waals surface area contributed by atoms with Crippen molar-refractivity contribution in [3.63, 3.8) is 0 Å². The Kier molecular flexibility index (Phi) is 3.97.